The monoisotopic (exact) mass is 469 g/mol. The fraction of sp³-hybridized carbons (Fsp3) is 0.286. The van der Waals surface area contributed by atoms with E-state index in [-0.39, 0.29) is 18.8 Å². The number of sulfonamides is 1. The van der Waals surface area contributed by atoms with Crippen LogP contribution in [0, 0.1) is 0 Å². The second-order valence-corrected chi connectivity index (χ2v) is 10.5. The maximum absolute atomic E-state index is 13.7. The van der Waals surface area contributed by atoms with Crippen LogP contribution in [0.25, 0.3) is 16.9 Å². The summed E-state index contributed by atoms with van der Waals surface area (Å²) < 4.78 is 68.9. The first kappa shape index (κ1) is 21.9. The van der Waals surface area contributed by atoms with Gasteiger partial charge in [-0.05, 0) is 38.1 Å². The van der Waals surface area contributed by atoms with Crippen molar-refractivity contribution in [2.75, 3.05) is 0 Å². The Kier molecular flexibility index (Phi) is 5.39. The number of hydrogen-bond acceptors (Lipinski definition) is 3. The van der Waals surface area contributed by atoms with E-state index in [0.29, 0.717) is 27.5 Å². The topological polar surface area (TPSA) is 55.2 Å². The molecule has 2 heterocycles. The second-order valence-electron chi connectivity index (χ2n) is 7.57. The highest BCUT2D eigenvalue weighted by Crippen LogP contribution is 2.40. The second kappa shape index (κ2) is 7.65. The summed E-state index contributed by atoms with van der Waals surface area (Å²) in [5.74, 6) is 0. The Morgan fingerprint density at radius 2 is 1.68 bits per heavy atom. The van der Waals surface area contributed by atoms with E-state index in [1.165, 1.54) is 27.2 Å². The molecule has 0 bridgehead atoms. The summed E-state index contributed by atoms with van der Waals surface area (Å²) in [5, 5.41) is 4.30. The van der Waals surface area contributed by atoms with Crippen molar-refractivity contribution in [2.24, 2.45) is 0 Å². The summed E-state index contributed by atoms with van der Waals surface area (Å²) >= 11 is 5.99. The summed E-state index contributed by atoms with van der Waals surface area (Å²) in [6.07, 6.45) is -4.57. The molecule has 0 saturated carbocycles. The Morgan fingerprint density at radius 3 is 2.29 bits per heavy atom. The van der Waals surface area contributed by atoms with E-state index in [4.69, 9.17) is 11.6 Å². The number of para-hydroxylation sites is 1. The van der Waals surface area contributed by atoms with Gasteiger partial charge in [0.25, 0.3) is 0 Å². The smallest absolute Gasteiger partial charge is 0.232 e. The van der Waals surface area contributed by atoms with Gasteiger partial charge in [0.2, 0.25) is 10.0 Å². The number of aromatic nitrogens is 2. The van der Waals surface area contributed by atoms with E-state index in [0.717, 1.165) is 6.07 Å². The molecule has 2 aromatic carbocycles. The number of nitrogens with zero attached hydrogens (tertiary/aromatic N) is 3. The van der Waals surface area contributed by atoms with Gasteiger partial charge < -0.3 is 0 Å². The molecule has 0 fully saturated rings. The number of hydrogen-bond donors (Lipinski definition) is 0. The standard InChI is InChI=1S/C21H19ClF3N3O2S/c1-13(2)31(29,30)27-11-16-18(12-27)26-28(20(16)14-7-9-15(22)10-8-14)19-6-4-3-5-17(19)21(23,24)25/h3-10,13H,11-12H2,1-2H3. The molecule has 1 aliphatic heterocycles. The van der Waals surface area contributed by atoms with Crippen molar-refractivity contribution < 1.29 is 21.6 Å². The van der Waals surface area contributed by atoms with Gasteiger partial charge in [-0.25, -0.2) is 13.1 Å². The molecule has 0 spiro atoms. The molecular weight excluding hydrogens is 451 g/mol. The van der Waals surface area contributed by atoms with E-state index in [9.17, 15) is 21.6 Å². The first-order valence-electron chi connectivity index (χ1n) is 9.52. The summed E-state index contributed by atoms with van der Waals surface area (Å²) in [4.78, 5) is 0. The van der Waals surface area contributed by atoms with E-state index >= 15 is 0 Å². The van der Waals surface area contributed by atoms with Crippen LogP contribution in [0.3, 0.4) is 0 Å². The predicted octanol–water partition coefficient (Wildman–Crippen LogP) is 5.27. The summed E-state index contributed by atoms with van der Waals surface area (Å²) in [6, 6.07) is 11.8. The maximum Gasteiger partial charge on any atom is 0.418 e. The molecule has 31 heavy (non-hydrogen) atoms. The molecule has 0 radical (unpaired) electrons. The van der Waals surface area contributed by atoms with Crippen molar-refractivity contribution in [1.29, 1.82) is 0 Å². The van der Waals surface area contributed by atoms with Gasteiger partial charge in [0.05, 0.1) is 34.4 Å². The first-order chi connectivity index (χ1) is 14.5. The van der Waals surface area contributed by atoms with Crippen LogP contribution in [0.15, 0.2) is 48.5 Å². The number of rotatable bonds is 4. The molecule has 0 atom stereocenters. The molecule has 4 rings (SSSR count). The van der Waals surface area contributed by atoms with Crippen molar-refractivity contribution in [2.45, 2.75) is 38.4 Å². The summed E-state index contributed by atoms with van der Waals surface area (Å²) in [6.45, 7) is 3.23. The third-order valence-electron chi connectivity index (χ3n) is 5.24. The minimum absolute atomic E-state index is 0.0115. The van der Waals surface area contributed by atoms with Crippen molar-refractivity contribution in [3.8, 4) is 16.9 Å². The third-order valence-corrected chi connectivity index (χ3v) is 7.66. The van der Waals surface area contributed by atoms with Crippen LogP contribution >= 0.6 is 11.6 Å². The molecule has 164 valence electrons. The molecule has 1 aliphatic rings. The van der Waals surface area contributed by atoms with Crippen LogP contribution in [-0.4, -0.2) is 27.8 Å². The van der Waals surface area contributed by atoms with Crippen molar-refractivity contribution >= 4 is 21.6 Å². The lowest BCUT2D eigenvalue weighted by Gasteiger charge is -2.20. The quantitative estimate of drug-likeness (QED) is 0.523. The van der Waals surface area contributed by atoms with Crippen LogP contribution in [0.4, 0.5) is 13.2 Å². The Balaban J connectivity index is 1.92. The highest BCUT2D eigenvalue weighted by Gasteiger charge is 2.38. The normalized spacial score (nSPS) is 14.9. The Morgan fingerprint density at radius 1 is 1.03 bits per heavy atom. The summed E-state index contributed by atoms with van der Waals surface area (Å²) in [7, 11) is -3.55. The van der Waals surface area contributed by atoms with Gasteiger partial charge in [-0.2, -0.15) is 22.6 Å². The van der Waals surface area contributed by atoms with Crippen LogP contribution in [-0.2, 0) is 29.3 Å². The summed E-state index contributed by atoms with van der Waals surface area (Å²) in [5.41, 5.74) is 1.10. The van der Waals surface area contributed by atoms with Gasteiger partial charge in [0.15, 0.2) is 0 Å². The van der Waals surface area contributed by atoms with E-state index < -0.39 is 27.0 Å². The SMILES string of the molecule is CC(C)S(=O)(=O)N1Cc2nn(-c3ccccc3C(F)(F)F)c(-c3ccc(Cl)cc3)c2C1. The predicted molar refractivity (Wildman–Crippen MR) is 112 cm³/mol. The molecular formula is C21H19ClF3N3O2S. The van der Waals surface area contributed by atoms with Gasteiger partial charge in [0.1, 0.15) is 0 Å². The van der Waals surface area contributed by atoms with Gasteiger partial charge >= 0.3 is 6.18 Å². The molecule has 0 N–H and O–H groups in total. The fourth-order valence-corrected chi connectivity index (χ4v) is 4.98. The number of fused-ring (bicyclic) bond motifs is 1. The van der Waals surface area contributed by atoms with Crippen LogP contribution in [0.1, 0.15) is 30.7 Å². The molecule has 0 unspecified atom stereocenters. The Hall–Kier alpha value is -2.36. The zero-order valence-electron chi connectivity index (χ0n) is 16.7. The first-order valence-corrected chi connectivity index (χ1v) is 11.4. The van der Waals surface area contributed by atoms with Crippen molar-refractivity contribution in [3.63, 3.8) is 0 Å². The maximum atomic E-state index is 13.7. The third kappa shape index (κ3) is 3.86. The molecule has 0 saturated heterocycles. The lowest BCUT2D eigenvalue weighted by molar-refractivity contribution is -0.137. The average Bonchev–Trinajstić information content (AvgIpc) is 3.26. The van der Waals surface area contributed by atoms with Gasteiger partial charge in [-0.3, -0.25) is 0 Å². The Bertz CT molecular complexity index is 1240. The molecule has 0 amide bonds. The zero-order chi connectivity index (χ0) is 22.6. The van der Waals surface area contributed by atoms with Gasteiger partial charge in [0, 0.05) is 22.7 Å². The van der Waals surface area contributed by atoms with Crippen molar-refractivity contribution in [1.82, 2.24) is 14.1 Å². The van der Waals surface area contributed by atoms with Crippen LogP contribution in [0.5, 0.6) is 0 Å². The fourth-order valence-electron chi connectivity index (χ4n) is 3.64. The lowest BCUT2D eigenvalue weighted by atomic mass is 10.1. The zero-order valence-corrected chi connectivity index (χ0v) is 18.3. The minimum atomic E-state index is -4.57. The largest absolute Gasteiger partial charge is 0.418 e. The molecule has 3 aromatic rings. The average molecular weight is 470 g/mol. The highest BCUT2D eigenvalue weighted by atomic mass is 35.5. The van der Waals surface area contributed by atoms with Crippen LogP contribution < -0.4 is 0 Å². The minimum Gasteiger partial charge on any atom is -0.232 e. The number of alkyl halides is 3. The molecule has 0 aliphatic carbocycles. The van der Waals surface area contributed by atoms with Gasteiger partial charge in [-0.15, -0.1) is 0 Å². The molecule has 10 heteroatoms. The highest BCUT2D eigenvalue weighted by molar-refractivity contribution is 7.89. The van der Waals surface area contributed by atoms with Crippen LogP contribution in [0.2, 0.25) is 5.02 Å². The number of halogens is 4. The molecule has 1 aromatic heterocycles. The Labute approximate surface area is 183 Å². The van der Waals surface area contributed by atoms with E-state index in [1.54, 1.807) is 38.1 Å². The lowest BCUT2D eigenvalue weighted by Crippen LogP contribution is -2.32. The van der Waals surface area contributed by atoms with Crippen molar-refractivity contribution in [3.05, 3.63) is 70.4 Å². The van der Waals surface area contributed by atoms with E-state index in [1.807, 2.05) is 0 Å². The van der Waals surface area contributed by atoms with Gasteiger partial charge in [-0.1, -0.05) is 35.9 Å². The van der Waals surface area contributed by atoms with E-state index in [2.05, 4.69) is 5.10 Å². The molecule has 5 nitrogen and oxygen atoms in total. The number of benzene rings is 2.